The van der Waals surface area contributed by atoms with Gasteiger partial charge >= 0.3 is 6.18 Å². The Balaban J connectivity index is 1.81. The lowest BCUT2D eigenvalue weighted by Gasteiger charge is -2.11. The van der Waals surface area contributed by atoms with Crippen LogP contribution >= 0.6 is 0 Å². The highest BCUT2D eigenvalue weighted by Crippen LogP contribution is 2.31. The first-order valence-electron chi connectivity index (χ1n) is 7.95. The third-order valence-electron chi connectivity index (χ3n) is 3.56. The predicted molar refractivity (Wildman–Crippen MR) is 93.4 cm³/mol. The maximum Gasteiger partial charge on any atom is 0.416 e. The maximum atomic E-state index is 12.8. The Labute approximate surface area is 148 Å². The Morgan fingerprint density at radius 2 is 1.81 bits per heavy atom. The van der Waals surface area contributed by atoms with Gasteiger partial charge in [-0.2, -0.15) is 13.2 Å². The molecule has 1 aromatic heterocycles. The van der Waals surface area contributed by atoms with Gasteiger partial charge < -0.3 is 10.1 Å². The van der Waals surface area contributed by atoms with E-state index in [0.29, 0.717) is 18.1 Å². The van der Waals surface area contributed by atoms with Crippen LogP contribution in [-0.2, 0) is 6.18 Å². The van der Waals surface area contributed by atoms with E-state index in [-0.39, 0.29) is 5.69 Å². The van der Waals surface area contributed by atoms with Crippen molar-refractivity contribution in [1.82, 2.24) is 9.97 Å². The van der Waals surface area contributed by atoms with Gasteiger partial charge in [0.05, 0.1) is 30.3 Å². The van der Waals surface area contributed by atoms with E-state index in [2.05, 4.69) is 15.3 Å². The Hall–Kier alpha value is -3.09. The Morgan fingerprint density at radius 1 is 1.04 bits per heavy atom. The van der Waals surface area contributed by atoms with E-state index in [0.717, 1.165) is 23.4 Å². The molecule has 0 unspecified atom stereocenters. The molecule has 26 heavy (non-hydrogen) atoms. The minimum Gasteiger partial charge on any atom is -0.494 e. The normalized spacial score (nSPS) is 11.2. The minimum atomic E-state index is -4.40. The molecule has 7 heteroatoms. The van der Waals surface area contributed by atoms with Crippen molar-refractivity contribution in [3.63, 3.8) is 0 Å². The van der Waals surface area contributed by atoms with Gasteiger partial charge in [0.2, 0.25) is 0 Å². The monoisotopic (exact) mass is 359 g/mol. The van der Waals surface area contributed by atoms with Crippen LogP contribution < -0.4 is 10.1 Å². The summed E-state index contributed by atoms with van der Waals surface area (Å²) in [5.74, 6) is 1.11. The quantitative estimate of drug-likeness (QED) is 0.671. The van der Waals surface area contributed by atoms with Crippen LogP contribution in [0.3, 0.4) is 0 Å². The molecule has 3 rings (SSSR count). The summed E-state index contributed by atoms with van der Waals surface area (Å²) in [6.07, 6.45) is -1.35. The minimum absolute atomic E-state index is 0.290. The summed E-state index contributed by atoms with van der Waals surface area (Å²) in [4.78, 5) is 8.52. The molecule has 0 atom stereocenters. The molecular formula is C19H16F3N3O. The van der Waals surface area contributed by atoms with Crippen LogP contribution in [0.4, 0.5) is 24.7 Å². The molecule has 2 aromatic carbocycles. The van der Waals surface area contributed by atoms with E-state index in [4.69, 9.17) is 4.74 Å². The van der Waals surface area contributed by atoms with Gasteiger partial charge in [0, 0.05) is 11.3 Å². The number of aromatic nitrogens is 2. The Kier molecular flexibility index (Phi) is 5.06. The third-order valence-corrected chi connectivity index (χ3v) is 3.56. The van der Waals surface area contributed by atoms with Crippen molar-refractivity contribution in [3.8, 4) is 17.0 Å². The zero-order chi connectivity index (χ0) is 18.6. The zero-order valence-corrected chi connectivity index (χ0v) is 13.9. The first-order valence-corrected chi connectivity index (χ1v) is 7.95. The average molecular weight is 359 g/mol. The van der Waals surface area contributed by atoms with E-state index in [1.807, 2.05) is 31.2 Å². The summed E-state index contributed by atoms with van der Waals surface area (Å²) in [5.41, 5.74) is 0.995. The van der Waals surface area contributed by atoms with Gasteiger partial charge in [-0.25, -0.2) is 4.98 Å². The summed E-state index contributed by atoms with van der Waals surface area (Å²) < 4.78 is 43.8. The molecule has 0 saturated heterocycles. The zero-order valence-electron chi connectivity index (χ0n) is 13.9. The van der Waals surface area contributed by atoms with Gasteiger partial charge in [0.15, 0.2) is 0 Å². The number of anilines is 2. The predicted octanol–water partition coefficient (Wildman–Crippen LogP) is 5.30. The second-order valence-corrected chi connectivity index (χ2v) is 5.45. The molecule has 0 saturated carbocycles. The molecule has 0 aliphatic heterocycles. The highest BCUT2D eigenvalue weighted by atomic mass is 19.4. The second-order valence-electron chi connectivity index (χ2n) is 5.45. The summed E-state index contributed by atoms with van der Waals surface area (Å²) in [7, 11) is 0. The third kappa shape index (κ3) is 4.30. The number of halogens is 3. The molecule has 0 bridgehead atoms. The van der Waals surface area contributed by atoms with Crippen LogP contribution in [0, 0.1) is 0 Å². The molecule has 1 N–H and O–H groups in total. The van der Waals surface area contributed by atoms with Gasteiger partial charge in [-0.15, -0.1) is 0 Å². The molecule has 0 amide bonds. The van der Waals surface area contributed by atoms with Crippen molar-refractivity contribution in [2.45, 2.75) is 13.1 Å². The van der Waals surface area contributed by atoms with Crippen LogP contribution in [0.25, 0.3) is 11.3 Å². The van der Waals surface area contributed by atoms with E-state index in [1.54, 1.807) is 12.3 Å². The van der Waals surface area contributed by atoms with Crippen LogP contribution in [-0.4, -0.2) is 16.6 Å². The van der Waals surface area contributed by atoms with Crippen molar-refractivity contribution in [2.24, 2.45) is 0 Å². The standard InChI is InChI=1S/C19H16F3N3O/c1-2-26-16-8-6-13(7-9-16)17-11-23-12-18(25-17)24-15-5-3-4-14(10-15)19(20,21)22/h3-12H,2H2,1H3,(H,24,25). The molecule has 134 valence electrons. The Morgan fingerprint density at radius 3 is 2.50 bits per heavy atom. The van der Waals surface area contributed by atoms with Crippen LogP contribution in [0.5, 0.6) is 5.75 Å². The highest BCUT2D eigenvalue weighted by Gasteiger charge is 2.30. The van der Waals surface area contributed by atoms with Gasteiger partial charge in [0.25, 0.3) is 0 Å². The first kappa shape index (κ1) is 17.7. The smallest absolute Gasteiger partial charge is 0.416 e. The van der Waals surface area contributed by atoms with Crippen molar-refractivity contribution < 1.29 is 17.9 Å². The van der Waals surface area contributed by atoms with Crippen LogP contribution in [0.2, 0.25) is 0 Å². The van der Waals surface area contributed by atoms with E-state index in [1.165, 1.54) is 12.3 Å². The van der Waals surface area contributed by atoms with Gasteiger partial charge in [-0.1, -0.05) is 6.07 Å². The van der Waals surface area contributed by atoms with Gasteiger partial charge in [-0.05, 0) is 49.4 Å². The van der Waals surface area contributed by atoms with Crippen LogP contribution in [0.15, 0.2) is 60.9 Å². The summed E-state index contributed by atoms with van der Waals surface area (Å²) >= 11 is 0. The molecule has 4 nitrogen and oxygen atoms in total. The average Bonchev–Trinajstić information content (AvgIpc) is 2.62. The number of nitrogens with one attached hydrogen (secondary N) is 1. The maximum absolute atomic E-state index is 12.8. The van der Waals surface area contributed by atoms with Gasteiger partial charge in [-0.3, -0.25) is 4.98 Å². The number of nitrogens with zero attached hydrogens (tertiary/aromatic N) is 2. The topological polar surface area (TPSA) is 47.0 Å². The molecular weight excluding hydrogens is 343 g/mol. The number of ether oxygens (including phenoxy) is 1. The summed E-state index contributed by atoms with van der Waals surface area (Å²) in [6, 6.07) is 12.3. The molecule has 0 radical (unpaired) electrons. The molecule has 1 heterocycles. The number of alkyl halides is 3. The second kappa shape index (κ2) is 7.43. The number of rotatable bonds is 5. The SMILES string of the molecule is CCOc1ccc(-c2cncc(Nc3cccc(C(F)(F)F)c3)n2)cc1. The molecule has 0 spiro atoms. The van der Waals surface area contributed by atoms with E-state index in [9.17, 15) is 13.2 Å². The van der Waals surface area contributed by atoms with Crippen molar-refractivity contribution in [1.29, 1.82) is 0 Å². The van der Waals surface area contributed by atoms with Crippen molar-refractivity contribution >= 4 is 11.5 Å². The van der Waals surface area contributed by atoms with Crippen molar-refractivity contribution in [2.75, 3.05) is 11.9 Å². The molecule has 0 aliphatic rings. The summed E-state index contributed by atoms with van der Waals surface area (Å²) in [5, 5.41) is 2.86. The molecule has 3 aromatic rings. The number of hydrogen-bond donors (Lipinski definition) is 1. The lowest BCUT2D eigenvalue weighted by Crippen LogP contribution is -2.05. The fourth-order valence-corrected chi connectivity index (χ4v) is 2.38. The largest absolute Gasteiger partial charge is 0.494 e. The highest BCUT2D eigenvalue weighted by molar-refractivity contribution is 5.63. The lowest BCUT2D eigenvalue weighted by molar-refractivity contribution is -0.137. The van der Waals surface area contributed by atoms with E-state index < -0.39 is 11.7 Å². The fraction of sp³-hybridized carbons (Fsp3) is 0.158. The molecule has 0 fully saturated rings. The van der Waals surface area contributed by atoms with Crippen LogP contribution in [0.1, 0.15) is 12.5 Å². The molecule has 0 aliphatic carbocycles. The first-order chi connectivity index (χ1) is 12.5. The fourth-order valence-electron chi connectivity index (χ4n) is 2.38. The number of benzene rings is 2. The lowest BCUT2D eigenvalue weighted by atomic mass is 10.1. The Bertz CT molecular complexity index is 880. The summed E-state index contributed by atoms with van der Waals surface area (Å²) in [6.45, 7) is 2.48. The number of hydrogen-bond acceptors (Lipinski definition) is 4. The van der Waals surface area contributed by atoms with Gasteiger partial charge in [0.1, 0.15) is 11.6 Å². The van der Waals surface area contributed by atoms with Crippen molar-refractivity contribution in [3.05, 3.63) is 66.5 Å². The van der Waals surface area contributed by atoms with E-state index >= 15 is 0 Å².